The van der Waals surface area contributed by atoms with Gasteiger partial charge in [-0.25, -0.2) is 4.39 Å². The van der Waals surface area contributed by atoms with Gasteiger partial charge in [-0.2, -0.15) is 15.6 Å². The molecule has 0 aliphatic heterocycles. The predicted octanol–water partition coefficient (Wildman–Crippen LogP) is 3.47. The zero-order valence-electron chi connectivity index (χ0n) is 8.55. The van der Waals surface area contributed by atoms with Crippen LogP contribution in [0.2, 0.25) is 0 Å². The summed E-state index contributed by atoms with van der Waals surface area (Å²) in [5.41, 5.74) is 2.46. The van der Waals surface area contributed by atoms with E-state index in [0.717, 1.165) is 0 Å². The predicted molar refractivity (Wildman–Crippen MR) is 68.8 cm³/mol. The van der Waals surface area contributed by atoms with Gasteiger partial charge in [-0.3, -0.25) is 5.43 Å². The average molecular weight is 360 g/mol. The Bertz CT molecular complexity index is 553. The van der Waals surface area contributed by atoms with Crippen LogP contribution in [-0.2, 0) is 0 Å². The summed E-state index contributed by atoms with van der Waals surface area (Å²) in [6.45, 7) is 1.59. The van der Waals surface area contributed by atoms with E-state index >= 15 is 0 Å². The second kappa shape index (κ2) is 5.76. The number of nitriles is 2. The Labute approximate surface area is 114 Å². The number of nitrogens with one attached hydrogen (secondary N) is 1. The van der Waals surface area contributed by atoms with Crippen molar-refractivity contribution in [3.63, 3.8) is 0 Å². The number of hydrogen-bond donors (Lipinski definition) is 1. The van der Waals surface area contributed by atoms with Gasteiger partial charge in [-0.05, 0) is 28.9 Å². The third-order valence-electron chi connectivity index (χ3n) is 1.89. The largest absolute Gasteiger partial charge is 0.272 e. The maximum atomic E-state index is 13.8. The fourth-order valence-corrected chi connectivity index (χ4v) is 2.18. The van der Waals surface area contributed by atoms with Crippen molar-refractivity contribution in [1.29, 1.82) is 10.5 Å². The van der Waals surface area contributed by atoms with Gasteiger partial charge in [0, 0.05) is 14.5 Å². The van der Waals surface area contributed by atoms with Crippen LogP contribution < -0.4 is 5.43 Å². The van der Waals surface area contributed by atoms with Gasteiger partial charge in [-0.15, -0.1) is 0 Å². The summed E-state index contributed by atoms with van der Waals surface area (Å²) in [6, 6.07) is 4.78. The lowest BCUT2D eigenvalue weighted by Gasteiger charge is -2.09. The van der Waals surface area contributed by atoms with Gasteiger partial charge >= 0.3 is 0 Å². The minimum atomic E-state index is -0.509. The third-order valence-corrected chi connectivity index (χ3v) is 3.34. The molecule has 4 nitrogen and oxygen atoms in total. The van der Waals surface area contributed by atoms with E-state index < -0.39 is 5.82 Å². The topological polar surface area (TPSA) is 72.0 Å². The molecule has 7 heteroatoms. The van der Waals surface area contributed by atoms with Crippen molar-refractivity contribution in [3.05, 3.63) is 26.4 Å². The molecule has 0 heterocycles. The molecule has 0 saturated heterocycles. The zero-order chi connectivity index (χ0) is 13.0. The van der Waals surface area contributed by atoms with Gasteiger partial charge in [0.25, 0.3) is 0 Å². The molecule has 1 N–H and O–H groups in total. The lowest BCUT2D eigenvalue weighted by molar-refractivity contribution is 0.619. The van der Waals surface area contributed by atoms with E-state index in [1.165, 1.54) is 0 Å². The zero-order valence-corrected chi connectivity index (χ0v) is 11.7. The SMILES string of the molecule is Cc1c(Br)cc(Br)c(NN=C(C#N)C#N)c1F. The minimum Gasteiger partial charge on any atom is -0.272 e. The fraction of sp³-hybridized carbons (Fsp3) is 0.100. The van der Waals surface area contributed by atoms with E-state index in [2.05, 4.69) is 42.4 Å². The molecule has 1 rings (SSSR count). The molecule has 1 aromatic rings. The third kappa shape index (κ3) is 3.02. The van der Waals surface area contributed by atoms with Crippen LogP contribution in [0.3, 0.4) is 0 Å². The van der Waals surface area contributed by atoms with E-state index in [9.17, 15) is 4.39 Å². The molecule has 0 fully saturated rings. The van der Waals surface area contributed by atoms with Crippen molar-refractivity contribution in [1.82, 2.24) is 0 Å². The van der Waals surface area contributed by atoms with E-state index in [1.54, 1.807) is 25.1 Å². The smallest absolute Gasteiger partial charge is 0.237 e. The Morgan fingerprint density at radius 1 is 1.35 bits per heavy atom. The summed E-state index contributed by atoms with van der Waals surface area (Å²) >= 11 is 6.36. The minimum absolute atomic E-state index is 0.0775. The number of hydrazone groups is 1. The van der Waals surface area contributed by atoms with Gasteiger partial charge in [0.2, 0.25) is 5.71 Å². The normalized spacial score (nSPS) is 9.06. The first-order valence-electron chi connectivity index (χ1n) is 4.29. The number of hydrogen-bond acceptors (Lipinski definition) is 4. The van der Waals surface area contributed by atoms with Gasteiger partial charge in [-0.1, -0.05) is 15.9 Å². The van der Waals surface area contributed by atoms with Crippen LogP contribution in [0.25, 0.3) is 0 Å². The average Bonchev–Trinajstić information content (AvgIpc) is 2.31. The van der Waals surface area contributed by atoms with Gasteiger partial charge in [0.15, 0.2) is 5.82 Å². The van der Waals surface area contributed by atoms with Gasteiger partial charge in [0.05, 0.1) is 0 Å². The second-order valence-electron chi connectivity index (χ2n) is 2.95. The van der Waals surface area contributed by atoms with Crippen molar-refractivity contribution in [2.24, 2.45) is 5.10 Å². The Morgan fingerprint density at radius 2 is 1.94 bits per heavy atom. The van der Waals surface area contributed by atoms with Crippen LogP contribution >= 0.6 is 31.9 Å². The number of benzene rings is 1. The summed E-state index contributed by atoms with van der Waals surface area (Å²) in [6.07, 6.45) is 0. The molecule has 1 aromatic carbocycles. The highest BCUT2D eigenvalue weighted by Gasteiger charge is 2.12. The molecule has 17 heavy (non-hydrogen) atoms. The molecule has 0 amide bonds. The number of nitrogens with zero attached hydrogens (tertiary/aromatic N) is 3. The molecule has 0 aromatic heterocycles. The molecule has 0 unspecified atom stereocenters. The highest BCUT2D eigenvalue weighted by Crippen LogP contribution is 2.33. The van der Waals surface area contributed by atoms with Crippen LogP contribution in [0.5, 0.6) is 0 Å². The number of halogens is 3. The quantitative estimate of drug-likeness (QED) is 0.649. The first kappa shape index (κ1) is 13.6. The highest BCUT2D eigenvalue weighted by atomic mass is 79.9. The maximum Gasteiger partial charge on any atom is 0.237 e. The Hall–Kier alpha value is -1.44. The van der Waals surface area contributed by atoms with Gasteiger partial charge < -0.3 is 0 Å². The Balaban J connectivity index is 3.18. The molecule has 0 atom stereocenters. The van der Waals surface area contributed by atoms with E-state index in [1.807, 2.05) is 0 Å². The summed E-state index contributed by atoms with van der Waals surface area (Å²) in [7, 11) is 0. The van der Waals surface area contributed by atoms with Gasteiger partial charge in [0.1, 0.15) is 17.8 Å². The molecule has 86 valence electrons. The highest BCUT2D eigenvalue weighted by molar-refractivity contribution is 9.11. The standard InChI is InChI=1S/C10H5Br2FN4/c1-5-7(11)2-8(12)10(9(5)13)17-16-6(3-14)4-15/h2,17H,1H3. The van der Waals surface area contributed by atoms with Crippen LogP contribution in [0.1, 0.15) is 5.56 Å². The molecule has 0 spiro atoms. The van der Waals surface area contributed by atoms with Crippen LogP contribution in [0, 0.1) is 35.4 Å². The molecule has 0 aliphatic rings. The van der Waals surface area contributed by atoms with Crippen LogP contribution in [0.15, 0.2) is 20.1 Å². The van der Waals surface area contributed by atoms with E-state index in [0.29, 0.717) is 14.5 Å². The maximum absolute atomic E-state index is 13.8. The number of rotatable bonds is 2. The van der Waals surface area contributed by atoms with Crippen molar-refractivity contribution in [2.75, 3.05) is 5.43 Å². The Kier molecular flexibility index (Phi) is 4.62. The second-order valence-corrected chi connectivity index (χ2v) is 4.66. The first-order valence-corrected chi connectivity index (χ1v) is 5.87. The summed E-state index contributed by atoms with van der Waals surface area (Å²) in [5, 5.41) is 20.5. The number of anilines is 1. The van der Waals surface area contributed by atoms with Crippen molar-refractivity contribution < 1.29 is 4.39 Å². The van der Waals surface area contributed by atoms with Crippen molar-refractivity contribution in [3.8, 4) is 12.1 Å². The molecule has 0 bridgehead atoms. The molecular weight excluding hydrogens is 355 g/mol. The summed E-state index contributed by atoms with van der Waals surface area (Å²) < 4.78 is 14.9. The monoisotopic (exact) mass is 358 g/mol. The summed E-state index contributed by atoms with van der Waals surface area (Å²) in [4.78, 5) is 0. The van der Waals surface area contributed by atoms with E-state index in [-0.39, 0.29) is 11.4 Å². The fourth-order valence-electron chi connectivity index (χ4n) is 0.978. The molecule has 0 radical (unpaired) electrons. The van der Waals surface area contributed by atoms with Crippen molar-refractivity contribution in [2.45, 2.75) is 6.92 Å². The lowest BCUT2D eigenvalue weighted by Crippen LogP contribution is -2.01. The van der Waals surface area contributed by atoms with Crippen LogP contribution in [0.4, 0.5) is 10.1 Å². The van der Waals surface area contributed by atoms with E-state index in [4.69, 9.17) is 10.5 Å². The lowest BCUT2D eigenvalue weighted by atomic mass is 10.2. The molecule has 0 saturated carbocycles. The first-order chi connectivity index (χ1) is 8.01. The van der Waals surface area contributed by atoms with Crippen molar-refractivity contribution >= 4 is 43.3 Å². The molecule has 0 aliphatic carbocycles. The van der Waals surface area contributed by atoms with Crippen LogP contribution in [-0.4, -0.2) is 5.71 Å². The Morgan fingerprint density at radius 3 is 2.47 bits per heavy atom. The molecular formula is C10H5Br2FN4. The summed E-state index contributed by atoms with van der Waals surface area (Å²) in [5.74, 6) is -0.509.